The molecule has 5 aromatic rings. The summed E-state index contributed by atoms with van der Waals surface area (Å²) in [6.07, 6.45) is 0.705. The van der Waals surface area contributed by atoms with Crippen LogP contribution in [0.15, 0.2) is 65.1 Å². The summed E-state index contributed by atoms with van der Waals surface area (Å²) in [6.45, 7) is 1.94. The highest BCUT2D eigenvalue weighted by Gasteiger charge is 2.37. The Hall–Kier alpha value is -4.04. The Morgan fingerprint density at radius 1 is 1.14 bits per heavy atom. The number of fused-ring (bicyclic) bond motifs is 4. The third-order valence-electron chi connectivity index (χ3n) is 6.60. The Morgan fingerprint density at radius 3 is 2.81 bits per heavy atom. The van der Waals surface area contributed by atoms with Crippen LogP contribution in [0.25, 0.3) is 21.0 Å². The van der Waals surface area contributed by atoms with Crippen LogP contribution in [0.1, 0.15) is 45.4 Å². The van der Waals surface area contributed by atoms with Gasteiger partial charge in [0.1, 0.15) is 29.9 Å². The highest BCUT2D eigenvalue weighted by molar-refractivity contribution is 7.20. The van der Waals surface area contributed by atoms with Gasteiger partial charge >= 0.3 is 5.97 Å². The van der Waals surface area contributed by atoms with Crippen LogP contribution in [0, 0.1) is 0 Å². The third kappa shape index (κ3) is 3.83. The van der Waals surface area contributed by atoms with Gasteiger partial charge in [0, 0.05) is 29.1 Å². The van der Waals surface area contributed by atoms with Gasteiger partial charge in [0.15, 0.2) is 0 Å². The van der Waals surface area contributed by atoms with Gasteiger partial charge < -0.3 is 23.8 Å². The molecule has 0 bridgehead atoms. The fourth-order valence-corrected chi connectivity index (χ4v) is 5.95. The number of hydrogen-bond acceptors (Lipinski definition) is 6. The van der Waals surface area contributed by atoms with E-state index in [0.29, 0.717) is 29.4 Å². The number of amides is 1. The van der Waals surface area contributed by atoms with Gasteiger partial charge in [0.2, 0.25) is 0 Å². The highest BCUT2D eigenvalue weighted by Crippen LogP contribution is 2.41. The molecule has 0 fully saturated rings. The van der Waals surface area contributed by atoms with E-state index in [1.54, 1.807) is 13.2 Å². The van der Waals surface area contributed by atoms with E-state index in [2.05, 4.69) is 4.98 Å². The van der Waals surface area contributed by atoms with E-state index in [0.717, 1.165) is 38.0 Å². The minimum absolute atomic E-state index is 0.0407. The summed E-state index contributed by atoms with van der Waals surface area (Å²) in [5.74, 6) is 1.51. The molecule has 0 saturated heterocycles. The molecule has 6 rings (SSSR count). The van der Waals surface area contributed by atoms with Crippen molar-refractivity contribution < 1.29 is 23.5 Å². The number of ether oxygens (including phenoxy) is 2. The molecule has 1 N–H and O–H groups in total. The predicted octanol–water partition coefficient (Wildman–Crippen LogP) is 5.84. The summed E-state index contributed by atoms with van der Waals surface area (Å²) in [5, 5.41) is 2.13. The maximum absolute atomic E-state index is 13.9. The zero-order chi connectivity index (χ0) is 24.8. The van der Waals surface area contributed by atoms with Gasteiger partial charge in [-0.2, -0.15) is 0 Å². The number of nitrogens with one attached hydrogen (secondary N) is 1. The van der Waals surface area contributed by atoms with Crippen molar-refractivity contribution in [3.8, 4) is 5.75 Å². The summed E-state index contributed by atoms with van der Waals surface area (Å²) in [6, 6.07) is 19.1. The number of H-pyrrole nitrogens is 1. The van der Waals surface area contributed by atoms with E-state index in [4.69, 9.17) is 13.9 Å². The summed E-state index contributed by atoms with van der Waals surface area (Å²) in [7, 11) is 1.65. The molecule has 7 nitrogen and oxygen atoms in total. The number of furan rings is 1. The van der Waals surface area contributed by atoms with E-state index < -0.39 is 6.04 Å². The molecule has 8 heteroatoms. The molecule has 182 valence electrons. The number of esters is 1. The second-order valence-corrected chi connectivity index (χ2v) is 9.90. The van der Waals surface area contributed by atoms with Crippen molar-refractivity contribution in [3.63, 3.8) is 0 Å². The number of methoxy groups -OCH3 is 1. The van der Waals surface area contributed by atoms with Crippen molar-refractivity contribution in [2.75, 3.05) is 13.7 Å². The molecule has 1 aliphatic heterocycles. The summed E-state index contributed by atoms with van der Waals surface area (Å²) >= 11 is 1.50. The van der Waals surface area contributed by atoms with Gasteiger partial charge in [0.25, 0.3) is 5.91 Å². The molecular formula is C28H24N2O5S. The van der Waals surface area contributed by atoms with Crippen molar-refractivity contribution in [2.24, 2.45) is 0 Å². The molecular weight excluding hydrogens is 476 g/mol. The highest BCUT2D eigenvalue weighted by atomic mass is 32.1. The summed E-state index contributed by atoms with van der Waals surface area (Å²) < 4.78 is 17.8. The first-order valence-corrected chi connectivity index (χ1v) is 12.5. The van der Waals surface area contributed by atoms with E-state index >= 15 is 0 Å². The van der Waals surface area contributed by atoms with Crippen LogP contribution in [0.5, 0.6) is 5.75 Å². The number of nitrogens with zero attached hydrogens (tertiary/aromatic N) is 1. The second kappa shape index (κ2) is 8.87. The molecule has 0 spiro atoms. The molecule has 1 amide bonds. The smallest absolute Gasteiger partial charge is 0.303 e. The summed E-state index contributed by atoms with van der Waals surface area (Å²) in [5.41, 5.74) is 3.05. The van der Waals surface area contributed by atoms with Crippen molar-refractivity contribution in [2.45, 2.75) is 26.0 Å². The number of carbonyl (C=O) groups excluding carboxylic acids is 2. The number of aromatic amines is 1. The number of benzene rings is 2. The van der Waals surface area contributed by atoms with Crippen LogP contribution < -0.4 is 4.74 Å². The van der Waals surface area contributed by atoms with Crippen molar-refractivity contribution in [3.05, 3.63) is 88.3 Å². The lowest BCUT2D eigenvalue weighted by Gasteiger charge is -2.34. The van der Waals surface area contributed by atoms with E-state index in [-0.39, 0.29) is 18.5 Å². The largest absolute Gasteiger partial charge is 0.497 e. The standard InChI is InChI=1S/C28H24N2O5S/c1-16(31)34-15-19-8-10-23(35-19)27-26-20(21-14-18(33-2)7-9-22(21)29-26)11-12-30(27)28(32)25-13-17-5-3-4-6-24(17)36-25/h3-10,13-14,27,29H,11-12,15H2,1-2H3/t27-/m1/s1. The maximum atomic E-state index is 13.9. The number of thiophene rings is 1. The van der Waals surface area contributed by atoms with Crippen molar-refractivity contribution >= 4 is 44.2 Å². The fourth-order valence-electron chi connectivity index (χ4n) is 4.93. The van der Waals surface area contributed by atoms with Gasteiger partial charge in [-0.05, 0) is 59.8 Å². The summed E-state index contributed by atoms with van der Waals surface area (Å²) in [4.78, 5) is 31.3. The van der Waals surface area contributed by atoms with Crippen LogP contribution in [0.3, 0.4) is 0 Å². The first kappa shape index (κ1) is 22.4. The molecule has 1 aliphatic rings. The Bertz CT molecular complexity index is 1580. The average Bonchev–Trinajstić information content (AvgIpc) is 3.62. The van der Waals surface area contributed by atoms with Gasteiger partial charge in [0.05, 0.1) is 17.7 Å². The second-order valence-electron chi connectivity index (χ2n) is 8.81. The number of carbonyl (C=O) groups is 2. The van der Waals surface area contributed by atoms with E-state index in [1.807, 2.05) is 59.5 Å². The first-order valence-electron chi connectivity index (χ1n) is 11.7. The monoisotopic (exact) mass is 500 g/mol. The van der Waals surface area contributed by atoms with E-state index in [9.17, 15) is 9.59 Å². The average molecular weight is 501 g/mol. The van der Waals surface area contributed by atoms with Crippen LogP contribution in [0.2, 0.25) is 0 Å². The van der Waals surface area contributed by atoms with E-state index in [1.165, 1.54) is 18.3 Å². The normalized spacial score (nSPS) is 15.3. The molecule has 0 saturated carbocycles. The number of aromatic nitrogens is 1. The maximum Gasteiger partial charge on any atom is 0.303 e. The van der Waals surface area contributed by atoms with Crippen LogP contribution in [-0.2, 0) is 22.6 Å². The lowest BCUT2D eigenvalue weighted by molar-refractivity contribution is -0.142. The quantitative estimate of drug-likeness (QED) is 0.307. The molecule has 0 unspecified atom stereocenters. The molecule has 0 radical (unpaired) electrons. The van der Waals surface area contributed by atoms with Crippen molar-refractivity contribution in [1.29, 1.82) is 0 Å². The van der Waals surface area contributed by atoms with Crippen LogP contribution in [0.4, 0.5) is 0 Å². The minimum Gasteiger partial charge on any atom is -0.497 e. The van der Waals surface area contributed by atoms with Crippen LogP contribution >= 0.6 is 11.3 Å². The molecule has 0 aliphatic carbocycles. The zero-order valence-electron chi connectivity index (χ0n) is 19.9. The number of rotatable bonds is 5. The minimum atomic E-state index is -0.448. The molecule has 2 aromatic carbocycles. The third-order valence-corrected chi connectivity index (χ3v) is 7.71. The Balaban J connectivity index is 1.45. The van der Waals surface area contributed by atoms with Gasteiger partial charge in [-0.15, -0.1) is 11.3 Å². The lowest BCUT2D eigenvalue weighted by Crippen LogP contribution is -2.40. The van der Waals surface area contributed by atoms with Crippen molar-refractivity contribution in [1.82, 2.24) is 9.88 Å². The predicted molar refractivity (Wildman–Crippen MR) is 137 cm³/mol. The first-order chi connectivity index (χ1) is 17.5. The number of hydrogen-bond donors (Lipinski definition) is 1. The molecule has 3 aromatic heterocycles. The van der Waals surface area contributed by atoms with Gasteiger partial charge in [-0.3, -0.25) is 9.59 Å². The Labute approximate surface area is 211 Å². The fraction of sp³-hybridized carbons (Fsp3) is 0.214. The molecule has 36 heavy (non-hydrogen) atoms. The zero-order valence-corrected chi connectivity index (χ0v) is 20.7. The topological polar surface area (TPSA) is 84.8 Å². The lowest BCUT2D eigenvalue weighted by atomic mass is 9.95. The Kier molecular flexibility index (Phi) is 5.53. The SMILES string of the molecule is COc1ccc2[nH]c3c(c2c1)CCN(C(=O)c1cc2ccccc2s1)[C@@H]3c1ccc(COC(C)=O)o1. The molecule has 4 heterocycles. The van der Waals surface area contributed by atoms with Gasteiger partial charge in [-0.1, -0.05) is 18.2 Å². The molecule has 1 atom stereocenters. The van der Waals surface area contributed by atoms with Gasteiger partial charge in [-0.25, -0.2) is 0 Å². The van der Waals surface area contributed by atoms with Crippen LogP contribution in [-0.4, -0.2) is 35.4 Å². The Morgan fingerprint density at radius 2 is 2.00 bits per heavy atom.